The van der Waals surface area contributed by atoms with Gasteiger partial charge in [-0.15, -0.1) is 0 Å². The maximum absolute atomic E-state index is 13.5. The third kappa shape index (κ3) is 13.6. The van der Waals surface area contributed by atoms with Crippen LogP contribution in [0.1, 0.15) is 128 Å². The number of nitrogens with zero attached hydrogens (tertiary/aromatic N) is 1. The minimum atomic E-state index is -3.19. The predicted octanol–water partition coefficient (Wildman–Crippen LogP) is 10.2. The highest BCUT2D eigenvalue weighted by Gasteiger charge is 2.52. The average Bonchev–Trinajstić information content (AvgIpc) is 3.01. The first kappa shape index (κ1) is 44.0. The van der Waals surface area contributed by atoms with Gasteiger partial charge in [-0.25, -0.2) is 0 Å². The van der Waals surface area contributed by atoms with E-state index in [1.54, 1.807) is 6.92 Å². The van der Waals surface area contributed by atoms with Crippen molar-refractivity contribution >= 4 is 23.9 Å². The number of benzene rings is 2. The molecule has 0 radical (unpaired) electrons. The Balaban J connectivity index is 0.00000280. The fraction of sp³-hybridized carbons (Fsp3) is 0.615. The van der Waals surface area contributed by atoms with Gasteiger partial charge in [0, 0.05) is 49.4 Å². The van der Waals surface area contributed by atoms with E-state index in [4.69, 9.17) is 15.6 Å². The summed E-state index contributed by atoms with van der Waals surface area (Å²) in [6.07, 6.45) is 1.03. The Morgan fingerprint density at radius 1 is 1.13 bits per heavy atom. The number of carbonyl (C=O) groups excluding carboxylic acids is 1. The highest BCUT2D eigenvalue weighted by molar-refractivity contribution is 5.95. The molecule has 3 rings (SSSR count). The van der Waals surface area contributed by atoms with Crippen LogP contribution >= 0.6 is 0 Å². The molecule has 2 aromatic rings. The summed E-state index contributed by atoms with van der Waals surface area (Å²) in [5.74, 6) is 0.545. The number of aryl methyl sites for hydroxylation is 1. The van der Waals surface area contributed by atoms with Crippen LogP contribution in [0.3, 0.4) is 0 Å². The zero-order valence-corrected chi connectivity index (χ0v) is 31.3. The molecule has 1 fully saturated rings. The largest absolute Gasteiger partial charge is 0.370 e. The van der Waals surface area contributed by atoms with Gasteiger partial charge in [-0.3, -0.25) is 4.79 Å². The first-order valence-corrected chi connectivity index (χ1v) is 17.4. The van der Waals surface area contributed by atoms with Gasteiger partial charge < -0.3 is 25.8 Å². The van der Waals surface area contributed by atoms with Crippen LogP contribution in [0.4, 0.5) is 14.5 Å². The minimum Gasteiger partial charge on any atom is -0.370 e. The lowest BCUT2D eigenvalue weighted by Gasteiger charge is -2.50. The van der Waals surface area contributed by atoms with Crippen LogP contribution in [0.5, 0.6) is 0 Å². The number of alkyl halides is 2. The molecule has 0 atom stereocenters. The number of nitrogens with one attached hydrogen (secondary N) is 3. The summed E-state index contributed by atoms with van der Waals surface area (Å²) >= 11 is 0. The van der Waals surface area contributed by atoms with Crippen LogP contribution in [-0.4, -0.2) is 44.0 Å². The molecule has 0 heterocycles. The zero-order chi connectivity index (χ0) is 36.4. The molecule has 0 amide bonds. The molecule has 0 aromatic heterocycles. The zero-order valence-electron chi connectivity index (χ0n) is 31.3. The van der Waals surface area contributed by atoms with Crippen LogP contribution < -0.4 is 10.2 Å². The highest BCUT2D eigenvalue weighted by atomic mass is 19.3. The third-order valence-electron chi connectivity index (χ3n) is 7.82. The standard InChI is InChI=1S/C33H47F2N3O2.C2H5N.2C2H6/c1-8-10-25-13-24(19-37-18-22(2)3)14-26(21-39)30(25)20-38(7)28-12-9-11-27(15-28)33(31(36)23(4)5)16-29(17-33)40-32(6,34)35;1-2-3;2*1-2/h9,11-15,21-23,29,36-37H,8,10,16-20H2,1-7H3;2-3H,1H3;2*1-2H3. The Bertz CT molecular complexity index is 1220. The molecule has 2 aromatic carbocycles. The molecule has 0 aliphatic heterocycles. The molecule has 0 saturated heterocycles. The van der Waals surface area contributed by atoms with E-state index >= 15 is 0 Å². The van der Waals surface area contributed by atoms with Crippen molar-refractivity contribution in [2.75, 3.05) is 18.5 Å². The first-order valence-electron chi connectivity index (χ1n) is 17.4. The van der Waals surface area contributed by atoms with Gasteiger partial charge in [0.05, 0.1) is 6.10 Å². The Morgan fingerprint density at radius 2 is 1.72 bits per heavy atom. The van der Waals surface area contributed by atoms with Crippen LogP contribution in [0.25, 0.3) is 0 Å². The monoisotopic (exact) mass is 658 g/mol. The maximum atomic E-state index is 13.5. The quantitative estimate of drug-likeness (QED) is 0.131. The van der Waals surface area contributed by atoms with E-state index in [1.165, 1.54) is 11.8 Å². The number of rotatable bonds is 15. The summed E-state index contributed by atoms with van der Waals surface area (Å²) < 4.78 is 32.0. The maximum Gasteiger partial charge on any atom is 0.353 e. The number of halogens is 2. The second kappa shape index (κ2) is 21.8. The molecule has 47 heavy (non-hydrogen) atoms. The third-order valence-corrected chi connectivity index (χ3v) is 7.82. The van der Waals surface area contributed by atoms with Gasteiger partial charge in [0.25, 0.3) is 0 Å². The van der Waals surface area contributed by atoms with E-state index in [0.29, 0.717) is 36.6 Å². The molecule has 0 spiro atoms. The average molecular weight is 659 g/mol. The summed E-state index contributed by atoms with van der Waals surface area (Å²) in [7, 11) is 2.01. The van der Waals surface area contributed by atoms with Crippen molar-refractivity contribution in [3.63, 3.8) is 0 Å². The molecule has 1 saturated carbocycles. The Kier molecular flexibility index (Phi) is 20.4. The van der Waals surface area contributed by atoms with Crippen LogP contribution in [0.2, 0.25) is 0 Å². The van der Waals surface area contributed by atoms with Crippen molar-refractivity contribution in [3.8, 4) is 0 Å². The number of ether oxygens (including phenoxy) is 1. The van der Waals surface area contributed by atoms with Crippen LogP contribution in [0.15, 0.2) is 36.4 Å². The van der Waals surface area contributed by atoms with Crippen molar-refractivity contribution < 1.29 is 18.3 Å². The molecule has 0 unspecified atom stereocenters. The van der Waals surface area contributed by atoms with Gasteiger partial charge >= 0.3 is 6.11 Å². The van der Waals surface area contributed by atoms with Gasteiger partial charge in [0.1, 0.15) is 6.29 Å². The molecular weight excluding hydrogens is 594 g/mol. The Hall–Kier alpha value is -2.97. The van der Waals surface area contributed by atoms with Crippen molar-refractivity contribution in [1.82, 2.24) is 5.32 Å². The van der Waals surface area contributed by atoms with Gasteiger partial charge in [-0.1, -0.05) is 86.9 Å². The SMILES string of the molecule is CC.CC.CC=N.CCCc1cc(CNCC(C)C)cc(C=O)c1CN(C)c1cccc(C2(C(=N)C(C)C)CC(OC(C)(F)F)C2)c1. The number of anilines is 1. The van der Waals surface area contributed by atoms with E-state index in [2.05, 4.69) is 43.1 Å². The van der Waals surface area contributed by atoms with Crippen molar-refractivity contribution in [2.24, 2.45) is 11.8 Å². The molecule has 3 N–H and O–H groups in total. The molecule has 1 aliphatic rings. The topological polar surface area (TPSA) is 89.3 Å². The number of hydrogen-bond donors (Lipinski definition) is 3. The van der Waals surface area contributed by atoms with E-state index < -0.39 is 17.6 Å². The second-order valence-corrected chi connectivity index (χ2v) is 12.5. The van der Waals surface area contributed by atoms with Crippen LogP contribution in [-0.2, 0) is 29.7 Å². The summed E-state index contributed by atoms with van der Waals surface area (Å²) in [6, 6.07) is 12.3. The van der Waals surface area contributed by atoms with Crippen molar-refractivity contribution in [3.05, 3.63) is 64.2 Å². The lowest BCUT2D eigenvalue weighted by Crippen LogP contribution is -2.54. The van der Waals surface area contributed by atoms with Crippen LogP contribution in [0, 0.1) is 22.7 Å². The normalized spacial score (nSPS) is 16.8. The van der Waals surface area contributed by atoms with Gasteiger partial charge in [0.15, 0.2) is 0 Å². The number of carbonyl (C=O) groups is 1. The number of hydrogen-bond acceptors (Lipinski definition) is 6. The lowest BCUT2D eigenvalue weighted by atomic mass is 9.58. The van der Waals surface area contributed by atoms with Gasteiger partial charge in [0.2, 0.25) is 0 Å². The first-order chi connectivity index (χ1) is 22.2. The van der Waals surface area contributed by atoms with E-state index in [9.17, 15) is 13.6 Å². The van der Waals surface area contributed by atoms with Gasteiger partial charge in [-0.05, 0) is 91.2 Å². The summed E-state index contributed by atoms with van der Waals surface area (Å²) in [6.45, 7) is 23.1. The van der Waals surface area contributed by atoms with E-state index in [1.807, 2.05) is 72.9 Å². The van der Waals surface area contributed by atoms with E-state index in [0.717, 1.165) is 61.5 Å². The number of aldehydes is 1. The minimum absolute atomic E-state index is 0.00948. The molecule has 1 aliphatic carbocycles. The Morgan fingerprint density at radius 3 is 2.21 bits per heavy atom. The molecule has 6 nitrogen and oxygen atoms in total. The summed E-state index contributed by atoms with van der Waals surface area (Å²) in [5.41, 5.74) is 5.89. The van der Waals surface area contributed by atoms with E-state index in [-0.39, 0.29) is 5.92 Å². The molecule has 266 valence electrons. The Labute approximate surface area is 285 Å². The fourth-order valence-corrected chi connectivity index (χ4v) is 5.85. The second-order valence-electron chi connectivity index (χ2n) is 12.5. The fourth-order valence-electron chi connectivity index (χ4n) is 5.85. The van der Waals surface area contributed by atoms with Crippen molar-refractivity contribution in [1.29, 1.82) is 10.8 Å². The molecule has 8 heteroatoms. The summed E-state index contributed by atoms with van der Waals surface area (Å²) in [4.78, 5) is 14.3. The predicted molar refractivity (Wildman–Crippen MR) is 197 cm³/mol. The smallest absolute Gasteiger partial charge is 0.353 e. The lowest BCUT2D eigenvalue weighted by molar-refractivity contribution is -0.267. The highest BCUT2D eigenvalue weighted by Crippen LogP contribution is 2.49. The molecule has 0 bridgehead atoms. The van der Waals surface area contributed by atoms with Crippen molar-refractivity contribution in [2.45, 2.75) is 133 Å². The van der Waals surface area contributed by atoms with Gasteiger partial charge in [-0.2, -0.15) is 8.78 Å². The summed E-state index contributed by atoms with van der Waals surface area (Å²) in [5, 5.41) is 18.4. The molecular formula is C39H64F2N4O2.